The van der Waals surface area contributed by atoms with Crippen LogP contribution in [0.15, 0.2) is 89.6 Å². The number of rotatable bonds is 14. The average Bonchev–Trinajstić information content (AvgIpc) is 3.76. The number of alkyl halides is 3. The molecule has 368 valence electrons. The van der Waals surface area contributed by atoms with Crippen molar-refractivity contribution in [3.05, 3.63) is 117 Å². The number of morpholine rings is 1. The normalized spacial score (nSPS) is 18.6. The molecular formula is C47H53F3N8O9S2. The summed E-state index contributed by atoms with van der Waals surface area (Å²) in [5.41, 5.74) is 3.60. The Morgan fingerprint density at radius 1 is 1.01 bits per heavy atom. The second-order valence-electron chi connectivity index (χ2n) is 18.4. The lowest BCUT2D eigenvalue weighted by Gasteiger charge is -2.39. The molecule has 1 amide bonds. The van der Waals surface area contributed by atoms with Gasteiger partial charge in [0, 0.05) is 81.8 Å². The van der Waals surface area contributed by atoms with Gasteiger partial charge in [-0.15, -0.1) is 0 Å². The third-order valence-corrected chi connectivity index (χ3v) is 15.4. The van der Waals surface area contributed by atoms with Crippen molar-refractivity contribution in [2.24, 2.45) is 5.41 Å². The first-order valence-electron chi connectivity index (χ1n) is 22.3. The molecule has 0 bridgehead atoms. The van der Waals surface area contributed by atoms with Crippen molar-refractivity contribution >= 4 is 59.6 Å². The number of halogens is 3. The van der Waals surface area contributed by atoms with Gasteiger partial charge in [-0.2, -0.15) is 17.5 Å². The van der Waals surface area contributed by atoms with Crippen LogP contribution in [0.5, 0.6) is 11.5 Å². The fraction of sp³-hybridized carbons (Fsp3) is 0.404. The first-order chi connectivity index (χ1) is 32.5. The minimum atomic E-state index is -4.70. The van der Waals surface area contributed by atoms with Crippen LogP contribution in [0.1, 0.15) is 60.2 Å². The van der Waals surface area contributed by atoms with Gasteiger partial charge in [0.15, 0.2) is 0 Å². The minimum Gasteiger partial charge on any atom is -0.455 e. The predicted octanol–water partition coefficient (Wildman–Crippen LogP) is 7.57. The number of nitrogens with zero attached hydrogens (tertiary/aromatic N) is 5. The Morgan fingerprint density at radius 2 is 1.78 bits per heavy atom. The van der Waals surface area contributed by atoms with Crippen molar-refractivity contribution in [3.63, 3.8) is 0 Å². The molecule has 17 nitrogen and oxygen atoms in total. The van der Waals surface area contributed by atoms with Crippen LogP contribution in [0.4, 0.5) is 30.2 Å². The molecule has 2 fully saturated rings. The van der Waals surface area contributed by atoms with E-state index in [0.29, 0.717) is 49.6 Å². The van der Waals surface area contributed by atoms with E-state index < -0.39 is 59.3 Å². The van der Waals surface area contributed by atoms with Crippen LogP contribution in [0.3, 0.4) is 0 Å². The number of benzene rings is 3. The summed E-state index contributed by atoms with van der Waals surface area (Å²) in [4.78, 5) is 36.6. The van der Waals surface area contributed by atoms with E-state index >= 15 is 0 Å². The van der Waals surface area contributed by atoms with E-state index in [9.17, 15) is 44.9 Å². The minimum absolute atomic E-state index is 0.00600. The lowest BCUT2D eigenvalue weighted by Crippen LogP contribution is -2.47. The van der Waals surface area contributed by atoms with Gasteiger partial charge in [-0.1, -0.05) is 25.5 Å². The molecule has 2 saturated heterocycles. The Kier molecular flexibility index (Phi) is 13.9. The zero-order valence-electron chi connectivity index (χ0n) is 38.4. The van der Waals surface area contributed by atoms with Crippen LogP contribution in [-0.2, 0) is 31.0 Å². The summed E-state index contributed by atoms with van der Waals surface area (Å²) < 4.78 is 107. The smallest absolute Gasteiger partial charge is 0.416 e. The van der Waals surface area contributed by atoms with Crippen molar-refractivity contribution in [3.8, 4) is 11.5 Å². The van der Waals surface area contributed by atoms with Gasteiger partial charge < -0.3 is 24.7 Å². The summed E-state index contributed by atoms with van der Waals surface area (Å²) in [6.45, 7) is 9.57. The number of nitrogens with one attached hydrogen (secondary N) is 3. The van der Waals surface area contributed by atoms with Gasteiger partial charge in [0.05, 0.1) is 46.1 Å². The summed E-state index contributed by atoms with van der Waals surface area (Å²) in [5.74, 6) is -0.768. The van der Waals surface area contributed by atoms with Gasteiger partial charge >= 0.3 is 6.18 Å². The Labute approximate surface area is 397 Å². The molecule has 22 heteroatoms. The molecule has 0 unspecified atom stereocenters. The molecule has 2 aliphatic heterocycles. The first-order valence-corrected chi connectivity index (χ1v) is 25.6. The molecule has 1 aliphatic carbocycles. The van der Waals surface area contributed by atoms with Crippen molar-refractivity contribution in [2.45, 2.75) is 57.2 Å². The van der Waals surface area contributed by atoms with Crippen LogP contribution in [-0.4, -0.2) is 118 Å². The number of piperazine rings is 1. The van der Waals surface area contributed by atoms with Gasteiger partial charge in [-0.3, -0.25) is 19.8 Å². The van der Waals surface area contributed by atoms with Gasteiger partial charge in [-0.05, 0) is 96.8 Å². The predicted molar refractivity (Wildman–Crippen MR) is 254 cm³/mol. The number of fused-ring (bicyclic) bond motifs is 1. The number of pyridine rings is 1. The Hall–Kier alpha value is -6.07. The van der Waals surface area contributed by atoms with Crippen molar-refractivity contribution < 1.29 is 49.2 Å². The van der Waals surface area contributed by atoms with E-state index in [-0.39, 0.29) is 54.4 Å². The number of aromatic nitrogens is 2. The number of hydrogen-bond donors (Lipinski definition) is 3. The number of anilines is 2. The number of sulfonamides is 2. The van der Waals surface area contributed by atoms with E-state index in [1.807, 2.05) is 4.72 Å². The van der Waals surface area contributed by atoms with Crippen molar-refractivity contribution in [1.29, 1.82) is 0 Å². The van der Waals surface area contributed by atoms with Crippen LogP contribution in [0.2, 0.25) is 0 Å². The van der Waals surface area contributed by atoms with Crippen LogP contribution in [0.25, 0.3) is 16.6 Å². The number of carbonyl (C=O) groups is 1. The van der Waals surface area contributed by atoms with E-state index in [1.54, 1.807) is 43.5 Å². The molecule has 3 N–H and O–H groups in total. The number of ether oxygens (including phenoxy) is 2. The van der Waals surface area contributed by atoms with Gasteiger partial charge in [-0.25, -0.2) is 26.5 Å². The quantitative estimate of drug-likeness (QED) is 0.0726. The molecule has 0 saturated carbocycles. The number of amides is 1. The highest BCUT2D eigenvalue weighted by atomic mass is 32.2. The summed E-state index contributed by atoms with van der Waals surface area (Å²) in [7, 11) is -8.19. The monoisotopic (exact) mass is 994 g/mol. The van der Waals surface area contributed by atoms with E-state index in [4.69, 9.17) is 9.47 Å². The number of aryl methyl sites for hydroxylation is 1. The SMILES string of the molecule is Cc1cc(C(F)(F)F)ccc1C1=C(CN2CCN(c3ccc(C(=O)NS(=O)(=O)c4ccc(NC[C@H]5CN(S(C)(=O)=O)CCO5)c([N+](=O)[O-])c4)c(Oc4cnc5[nH]ccc5c4)c3)CC2)CCC(C)(C)C1. The maximum absolute atomic E-state index is 14.0. The zero-order valence-corrected chi connectivity index (χ0v) is 40.1. The molecule has 3 aromatic carbocycles. The van der Waals surface area contributed by atoms with Gasteiger partial charge in [0.1, 0.15) is 22.8 Å². The third kappa shape index (κ3) is 11.5. The Bertz CT molecular complexity index is 3040. The number of hydrogen-bond acceptors (Lipinski definition) is 13. The molecule has 1 atom stereocenters. The molecule has 0 spiro atoms. The standard InChI is InChI=1S/C47H53F3N8O9S2/c1-30-21-33(47(48,49)50)5-8-38(30)40-25-46(2,3)13-11-32(40)28-55-15-17-56(18-16-55)34-6-9-39(43(23-34)67-35-22-31-12-14-51-44(31)53-26-35)45(59)54-69(64,65)37-7-10-41(42(24-37)58(60)61)52-27-36-29-57(19-20-66-36)68(4,62)63/h5-10,12,14,21-24,26,36,52H,11,13,15-20,25,27-29H2,1-4H3,(H,51,53)(H,54,59)/t36-/m0/s1. The summed E-state index contributed by atoms with van der Waals surface area (Å²) in [6.07, 6.45) is 1.72. The number of allylic oxidation sites excluding steroid dienone is 1. The molecule has 3 aliphatic rings. The van der Waals surface area contributed by atoms with Crippen LogP contribution >= 0.6 is 0 Å². The molecule has 69 heavy (non-hydrogen) atoms. The first kappa shape index (κ1) is 49.4. The van der Waals surface area contributed by atoms with E-state index in [2.05, 4.69) is 38.9 Å². The Morgan fingerprint density at radius 3 is 2.49 bits per heavy atom. The maximum Gasteiger partial charge on any atom is 0.416 e. The molecule has 8 rings (SSSR count). The van der Waals surface area contributed by atoms with Crippen molar-refractivity contribution in [1.82, 2.24) is 23.9 Å². The van der Waals surface area contributed by atoms with Gasteiger partial charge in [0.25, 0.3) is 21.6 Å². The lowest BCUT2D eigenvalue weighted by molar-refractivity contribution is -0.384. The fourth-order valence-corrected chi connectivity index (χ4v) is 10.9. The number of nitro benzene ring substituents is 1. The molecule has 2 aromatic heterocycles. The number of aromatic amines is 1. The lowest BCUT2D eigenvalue weighted by atomic mass is 9.72. The van der Waals surface area contributed by atoms with E-state index in [1.165, 1.54) is 34.3 Å². The Balaban J connectivity index is 0.996. The highest BCUT2D eigenvalue weighted by Gasteiger charge is 2.34. The topological polar surface area (TPSA) is 209 Å². The number of nitro groups is 1. The number of carbonyl (C=O) groups excluding carboxylic acids is 1. The third-order valence-electron chi connectivity index (χ3n) is 12.8. The fourth-order valence-electron chi connectivity index (χ4n) is 9.04. The van der Waals surface area contributed by atoms with Gasteiger partial charge in [0.2, 0.25) is 10.0 Å². The zero-order chi connectivity index (χ0) is 49.5. The summed E-state index contributed by atoms with van der Waals surface area (Å²) in [6, 6.07) is 15.4. The molecule has 5 aromatic rings. The second-order valence-corrected chi connectivity index (χ2v) is 22.1. The summed E-state index contributed by atoms with van der Waals surface area (Å²) in [5, 5.41) is 15.8. The summed E-state index contributed by atoms with van der Waals surface area (Å²) >= 11 is 0. The highest BCUT2D eigenvalue weighted by molar-refractivity contribution is 7.90. The molecular weight excluding hydrogens is 942 g/mol. The maximum atomic E-state index is 14.0. The molecule has 4 heterocycles. The van der Waals surface area contributed by atoms with Crippen LogP contribution < -0.4 is 19.7 Å². The van der Waals surface area contributed by atoms with Crippen molar-refractivity contribution in [2.75, 3.05) is 75.4 Å². The largest absolute Gasteiger partial charge is 0.455 e. The van der Waals surface area contributed by atoms with E-state index in [0.717, 1.165) is 60.2 Å². The second kappa shape index (κ2) is 19.4. The highest BCUT2D eigenvalue weighted by Crippen LogP contribution is 2.45. The average molecular weight is 995 g/mol. The van der Waals surface area contributed by atoms with Crippen LogP contribution in [0, 0.1) is 22.5 Å². The number of H-pyrrole nitrogens is 1. The molecule has 0 radical (unpaired) electrons.